The number of carbonyl (C=O) groups excluding carboxylic acids is 2. The molecule has 1 aliphatic heterocycles. The van der Waals surface area contributed by atoms with Crippen LogP contribution >= 0.6 is 0 Å². The molecule has 2 amide bonds. The van der Waals surface area contributed by atoms with Crippen molar-refractivity contribution in [2.24, 2.45) is 27.2 Å². The highest BCUT2D eigenvalue weighted by Gasteiger charge is 2.27. The molecule has 0 aromatic carbocycles. The Balaban J connectivity index is 2.71. The zero-order chi connectivity index (χ0) is 10.7. The summed E-state index contributed by atoms with van der Waals surface area (Å²) in [6.45, 7) is 0. The van der Waals surface area contributed by atoms with Gasteiger partial charge in [-0.1, -0.05) is 0 Å². The molecule has 0 aromatic heterocycles. The average molecular weight is 198 g/mol. The Labute approximate surface area is 79.2 Å². The van der Waals surface area contributed by atoms with Gasteiger partial charge in [-0.2, -0.15) is 4.99 Å². The molecule has 0 spiro atoms. The first-order valence-electron chi connectivity index (χ1n) is 3.75. The lowest BCUT2D eigenvalue weighted by Gasteiger charge is -1.98. The number of amides is 2. The van der Waals surface area contributed by atoms with E-state index in [1.807, 2.05) is 0 Å². The molecule has 0 bridgehead atoms. The number of aliphatic imine (C=N–C) groups is 2. The largest absolute Gasteiger partial charge is 0.370 e. The summed E-state index contributed by atoms with van der Waals surface area (Å²) in [5.41, 5.74) is 15.0. The Hall–Kier alpha value is -2.12. The van der Waals surface area contributed by atoms with Gasteiger partial charge in [-0.3, -0.25) is 14.9 Å². The third kappa shape index (κ3) is 2.44. The van der Waals surface area contributed by atoms with Crippen LogP contribution in [0.5, 0.6) is 0 Å². The Morgan fingerprint density at radius 1 is 1.50 bits per heavy atom. The fraction of sp³-hybridized carbons (Fsp3) is 0.333. The predicted molar refractivity (Wildman–Crippen MR) is 49.0 cm³/mol. The highest BCUT2D eigenvalue weighted by Crippen LogP contribution is 2.04. The van der Waals surface area contributed by atoms with E-state index in [9.17, 15) is 9.59 Å². The number of carbonyl (C=O) groups is 2. The normalized spacial score (nSPS) is 19.9. The van der Waals surface area contributed by atoms with Crippen LogP contribution in [0.4, 0.5) is 0 Å². The van der Waals surface area contributed by atoms with Gasteiger partial charge in [-0.15, -0.1) is 0 Å². The second kappa shape index (κ2) is 3.73. The standard InChI is InChI=1S/C6H10N6O2/c7-3(13)1-2-4(14)11-6(10-2)12-5(8)9/h2H,1H2,(H2,7,13)(H5,8,9,10,11,12,14). The van der Waals surface area contributed by atoms with E-state index in [0.717, 1.165) is 0 Å². The monoisotopic (exact) mass is 198 g/mol. The average Bonchev–Trinajstić information content (AvgIpc) is 2.28. The van der Waals surface area contributed by atoms with Crippen LogP contribution in [-0.4, -0.2) is 29.8 Å². The third-order valence-corrected chi connectivity index (χ3v) is 1.45. The molecule has 8 nitrogen and oxygen atoms in total. The van der Waals surface area contributed by atoms with E-state index in [1.54, 1.807) is 0 Å². The summed E-state index contributed by atoms with van der Waals surface area (Å²) in [7, 11) is 0. The molecule has 1 atom stereocenters. The highest BCUT2D eigenvalue weighted by atomic mass is 16.2. The van der Waals surface area contributed by atoms with Gasteiger partial charge < -0.3 is 17.2 Å². The van der Waals surface area contributed by atoms with Crippen molar-refractivity contribution in [1.82, 2.24) is 5.32 Å². The van der Waals surface area contributed by atoms with Gasteiger partial charge in [0.05, 0.1) is 6.42 Å². The maximum Gasteiger partial charge on any atom is 0.252 e. The molecule has 0 saturated heterocycles. The second-order valence-corrected chi connectivity index (χ2v) is 2.66. The van der Waals surface area contributed by atoms with E-state index in [1.165, 1.54) is 0 Å². The van der Waals surface area contributed by atoms with Gasteiger partial charge in [0.15, 0.2) is 5.96 Å². The quantitative estimate of drug-likeness (QED) is 0.276. The predicted octanol–water partition coefficient (Wildman–Crippen LogP) is -3.01. The summed E-state index contributed by atoms with van der Waals surface area (Å²) in [6.07, 6.45) is -0.157. The molecule has 0 aliphatic carbocycles. The van der Waals surface area contributed by atoms with Gasteiger partial charge in [0.2, 0.25) is 11.9 Å². The van der Waals surface area contributed by atoms with E-state index in [4.69, 9.17) is 17.2 Å². The van der Waals surface area contributed by atoms with E-state index in [2.05, 4.69) is 15.3 Å². The van der Waals surface area contributed by atoms with Crippen LogP contribution in [0.15, 0.2) is 9.98 Å². The van der Waals surface area contributed by atoms with E-state index in [-0.39, 0.29) is 18.3 Å². The van der Waals surface area contributed by atoms with Crippen LogP contribution in [0.25, 0.3) is 0 Å². The number of nitrogens with two attached hydrogens (primary N) is 3. The number of nitrogens with one attached hydrogen (secondary N) is 1. The van der Waals surface area contributed by atoms with Crippen molar-refractivity contribution in [3.63, 3.8) is 0 Å². The van der Waals surface area contributed by atoms with Crippen LogP contribution in [0.3, 0.4) is 0 Å². The molecular formula is C6H10N6O2. The van der Waals surface area contributed by atoms with Gasteiger partial charge in [-0.25, -0.2) is 4.99 Å². The maximum absolute atomic E-state index is 11.1. The minimum Gasteiger partial charge on any atom is -0.370 e. The SMILES string of the molecule is NC(=O)CC1N=C(N=C(N)N)NC1=O. The minimum atomic E-state index is -0.828. The van der Waals surface area contributed by atoms with Crippen molar-refractivity contribution in [2.45, 2.75) is 12.5 Å². The van der Waals surface area contributed by atoms with Crippen LogP contribution in [0, 0.1) is 0 Å². The van der Waals surface area contributed by atoms with Gasteiger partial charge in [0.1, 0.15) is 6.04 Å². The molecule has 0 fully saturated rings. The van der Waals surface area contributed by atoms with Crippen LogP contribution in [0.1, 0.15) is 6.42 Å². The third-order valence-electron chi connectivity index (χ3n) is 1.45. The van der Waals surface area contributed by atoms with E-state index < -0.39 is 17.9 Å². The summed E-state index contributed by atoms with van der Waals surface area (Å²) in [4.78, 5) is 28.9. The molecule has 0 radical (unpaired) electrons. The molecule has 1 heterocycles. The number of rotatable bonds is 2. The first-order chi connectivity index (χ1) is 6.49. The molecule has 1 rings (SSSR count). The van der Waals surface area contributed by atoms with Crippen molar-refractivity contribution < 1.29 is 9.59 Å². The maximum atomic E-state index is 11.1. The Kier molecular flexibility index (Phi) is 2.65. The summed E-state index contributed by atoms with van der Waals surface area (Å²) in [5, 5.41) is 2.30. The molecule has 76 valence electrons. The van der Waals surface area contributed by atoms with Crippen molar-refractivity contribution in [3.05, 3.63) is 0 Å². The molecule has 1 unspecified atom stereocenters. The molecule has 7 N–H and O–H groups in total. The van der Waals surface area contributed by atoms with Gasteiger partial charge in [0.25, 0.3) is 5.91 Å². The summed E-state index contributed by atoms with van der Waals surface area (Å²) < 4.78 is 0. The smallest absolute Gasteiger partial charge is 0.252 e. The first-order valence-corrected chi connectivity index (χ1v) is 3.75. The number of primary amides is 1. The lowest BCUT2D eigenvalue weighted by Crippen LogP contribution is -2.32. The zero-order valence-corrected chi connectivity index (χ0v) is 7.23. The summed E-state index contributed by atoms with van der Waals surface area (Å²) >= 11 is 0. The Morgan fingerprint density at radius 3 is 2.64 bits per heavy atom. The van der Waals surface area contributed by atoms with Crippen molar-refractivity contribution >= 4 is 23.7 Å². The van der Waals surface area contributed by atoms with Crippen LogP contribution < -0.4 is 22.5 Å². The van der Waals surface area contributed by atoms with Crippen molar-refractivity contribution in [3.8, 4) is 0 Å². The molecule has 8 heteroatoms. The van der Waals surface area contributed by atoms with Crippen LogP contribution in [-0.2, 0) is 9.59 Å². The lowest BCUT2D eigenvalue weighted by molar-refractivity contribution is -0.124. The number of nitrogens with zero attached hydrogens (tertiary/aromatic N) is 2. The highest BCUT2D eigenvalue weighted by molar-refractivity contribution is 6.09. The molecule has 0 saturated carbocycles. The summed E-state index contributed by atoms with van der Waals surface area (Å²) in [5.74, 6) is -1.27. The number of hydrogen-bond donors (Lipinski definition) is 4. The van der Waals surface area contributed by atoms with Gasteiger partial charge in [-0.05, 0) is 0 Å². The Bertz CT molecular complexity index is 329. The fourth-order valence-electron chi connectivity index (χ4n) is 0.940. The molecule has 0 aromatic rings. The molecule has 14 heavy (non-hydrogen) atoms. The van der Waals surface area contributed by atoms with Gasteiger partial charge >= 0.3 is 0 Å². The molecular weight excluding hydrogens is 188 g/mol. The van der Waals surface area contributed by atoms with Crippen molar-refractivity contribution in [1.29, 1.82) is 0 Å². The molecule has 1 aliphatic rings. The van der Waals surface area contributed by atoms with E-state index >= 15 is 0 Å². The Morgan fingerprint density at radius 2 is 2.14 bits per heavy atom. The summed E-state index contributed by atoms with van der Waals surface area (Å²) in [6, 6.07) is -0.828. The number of guanidine groups is 2. The number of hydrogen-bond acceptors (Lipinski definition) is 4. The fourth-order valence-corrected chi connectivity index (χ4v) is 0.940. The second-order valence-electron chi connectivity index (χ2n) is 2.66. The van der Waals surface area contributed by atoms with E-state index in [0.29, 0.717) is 0 Å². The topological polar surface area (TPSA) is 149 Å². The lowest BCUT2D eigenvalue weighted by atomic mass is 10.2. The first kappa shape index (κ1) is 9.96. The van der Waals surface area contributed by atoms with Gasteiger partial charge in [0, 0.05) is 0 Å². The zero-order valence-electron chi connectivity index (χ0n) is 7.23. The van der Waals surface area contributed by atoms with Crippen LogP contribution in [0.2, 0.25) is 0 Å². The van der Waals surface area contributed by atoms with Crippen molar-refractivity contribution in [2.75, 3.05) is 0 Å². The minimum absolute atomic E-state index is 0.00116.